The molecule has 0 unspecified atom stereocenters. The third-order valence-corrected chi connectivity index (χ3v) is 6.99. The molecule has 3 heterocycles. The van der Waals surface area contributed by atoms with E-state index in [2.05, 4.69) is 12.2 Å². The molecule has 1 N–H and O–H groups in total. The standard InChI is InChI=1S/C26H28N4O4S/c1-5-11-34-20-10-7-16(12-21(20)33-6-2)18-14-23(31)28-25-24(18)15(3)29-30(25)26-27-19-9-8-17(32-4)13-22(19)35-26/h7-10,12-13,18H,5-6,11,14H2,1-4H3,(H,28,31)/t18-/m0/s1. The molecule has 1 atom stereocenters. The number of benzene rings is 2. The number of methoxy groups -OCH3 is 1. The number of hydrogen-bond donors (Lipinski definition) is 1. The number of anilines is 1. The third kappa shape index (κ3) is 4.32. The van der Waals surface area contributed by atoms with Crippen LogP contribution in [0.5, 0.6) is 17.2 Å². The van der Waals surface area contributed by atoms with Crippen molar-refractivity contribution in [2.45, 2.75) is 39.5 Å². The van der Waals surface area contributed by atoms with Crippen molar-refractivity contribution in [3.63, 3.8) is 0 Å². The molecule has 0 bridgehead atoms. The maximum Gasteiger partial charge on any atom is 0.226 e. The monoisotopic (exact) mass is 492 g/mol. The molecule has 0 radical (unpaired) electrons. The van der Waals surface area contributed by atoms with Gasteiger partial charge >= 0.3 is 0 Å². The van der Waals surface area contributed by atoms with E-state index in [1.54, 1.807) is 11.8 Å². The van der Waals surface area contributed by atoms with Gasteiger partial charge in [-0.25, -0.2) is 4.98 Å². The lowest BCUT2D eigenvalue weighted by atomic mass is 9.85. The third-order valence-electron chi connectivity index (χ3n) is 6.00. The summed E-state index contributed by atoms with van der Waals surface area (Å²) in [6.45, 7) is 7.14. The number of aryl methyl sites for hydroxylation is 1. The second kappa shape index (κ2) is 9.58. The van der Waals surface area contributed by atoms with Crippen LogP contribution in [0.1, 0.15) is 49.4 Å². The second-order valence-electron chi connectivity index (χ2n) is 8.38. The van der Waals surface area contributed by atoms with E-state index in [9.17, 15) is 4.79 Å². The summed E-state index contributed by atoms with van der Waals surface area (Å²) in [5.74, 6) is 2.64. The fourth-order valence-corrected chi connectivity index (χ4v) is 5.37. The maximum absolute atomic E-state index is 12.8. The number of nitrogens with one attached hydrogen (secondary N) is 1. The average molecular weight is 493 g/mol. The minimum atomic E-state index is -0.151. The van der Waals surface area contributed by atoms with Gasteiger partial charge in [-0.1, -0.05) is 24.3 Å². The van der Waals surface area contributed by atoms with Crippen LogP contribution in [0, 0.1) is 6.92 Å². The molecule has 8 nitrogen and oxygen atoms in total. The highest BCUT2D eigenvalue weighted by molar-refractivity contribution is 7.20. The molecule has 182 valence electrons. The van der Waals surface area contributed by atoms with Crippen LogP contribution in [0.15, 0.2) is 36.4 Å². The number of aromatic nitrogens is 3. The summed E-state index contributed by atoms with van der Waals surface area (Å²) in [4.78, 5) is 17.6. The topological polar surface area (TPSA) is 87.5 Å². The van der Waals surface area contributed by atoms with E-state index < -0.39 is 0 Å². The maximum atomic E-state index is 12.8. The number of hydrogen-bond acceptors (Lipinski definition) is 7. The molecule has 1 amide bonds. The minimum absolute atomic E-state index is 0.0595. The first-order valence-electron chi connectivity index (χ1n) is 11.8. The molecular weight excluding hydrogens is 464 g/mol. The van der Waals surface area contributed by atoms with Gasteiger partial charge in [-0.15, -0.1) is 0 Å². The number of carbonyl (C=O) groups is 1. The zero-order chi connectivity index (χ0) is 24.5. The SMILES string of the molecule is CCCOc1ccc([C@@H]2CC(=O)Nc3c2c(C)nn3-c2nc3ccc(OC)cc3s2)cc1OCC. The molecule has 0 fully saturated rings. The largest absolute Gasteiger partial charge is 0.497 e. The first kappa shape index (κ1) is 23.2. The van der Waals surface area contributed by atoms with Gasteiger partial charge in [0.2, 0.25) is 11.0 Å². The molecule has 2 aromatic heterocycles. The highest BCUT2D eigenvalue weighted by Gasteiger charge is 2.33. The quantitative estimate of drug-likeness (QED) is 0.351. The Morgan fingerprint density at radius 1 is 1.14 bits per heavy atom. The van der Waals surface area contributed by atoms with Gasteiger partial charge in [0.25, 0.3) is 0 Å². The first-order chi connectivity index (χ1) is 17.0. The van der Waals surface area contributed by atoms with Gasteiger partial charge in [0.15, 0.2) is 11.5 Å². The van der Waals surface area contributed by atoms with E-state index in [4.69, 9.17) is 24.3 Å². The van der Waals surface area contributed by atoms with E-state index in [-0.39, 0.29) is 11.8 Å². The summed E-state index contributed by atoms with van der Waals surface area (Å²) in [6.07, 6.45) is 1.24. The molecule has 2 aromatic carbocycles. The van der Waals surface area contributed by atoms with Gasteiger partial charge in [0.05, 0.1) is 36.2 Å². The van der Waals surface area contributed by atoms with Crippen molar-refractivity contribution in [2.75, 3.05) is 25.6 Å². The normalized spacial score (nSPS) is 15.1. The highest BCUT2D eigenvalue weighted by Crippen LogP contribution is 2.43. The van der Waals surface area contributed by atoms with E-state index in [1.165, 1.54) is 11.3 Å². The van der Waals surface area contributed by atoms with Crippen molar-refractivity contribution in [1.29, 1.82) is 0 Å². The van der Waals surface area contributed by atoms with Crippen LogP contribution in [0.3, 0.4) is 0 Å². The van der Waals surface area contributed by atoms with Crippen molar-refractivity contribution >= 4 is 33.3 Å². The summed E-state index contributed by atoms with van der Waals surface area (Å²) in [5, 5.41) is 8.52. The van der Waals surface area contributed by atoms with Crippen LogP contribution in [0.4, 0.5) is 5.82 Å². The van der Waals surface area contributed by atoms with Crippen molar-refractivity contribution in [1.82, 2.24) is 14.8 Å². The van der Waals surface area contributed by atoms with Gasteiger partial charge in [-0.05, 0) is 56.2 Å². The van der Waals surface area contributed by atoms with Crippen LogP contribution in [-0.4, -0.2) is 41.0 Å². The van der Waals surface area contributed by atoms with E-state index in [0.29, 0.717) is 36.3 Å². The Kier molecular flexibility index (Phi) is 6.34. The predicted molar refractivity (Wildman–Crippen MR) is 137 cm³/mol. The van der Waals surface area contributed by atoms with Crippen molar-refractivity contribution in [3.05, 3.63) is 53.2 Å². The molecular formula is C26H28N4O4S. The molecule has 0 saturated carbocycles. The number of carbonyl (C=O) groups excluding carboxylic acids is 1. The molecule has 4 aromatic rings. The zero-order valence-corrected chi connectivity index (χ0v) is 21.1. The molecule has 0 aliphatic carbocycles. The average Bonchev–Trinajstić information content (AvgIpc) is 3.43. The number of thiazole rings is 1. The molecule has 0 saturated heterocycles. The number of ether oxygens (including phenoxy) is 3. The smallest absolute Gasteiger partial charge is 0.226 e. The Balaban J connectivity index is 1.57. The fourth-order valence-electron chi connectivity index (χ4n) is 4.42. The van der Waals surface area contributed by atoms with Gasteiger partial charge in [-0.3, -0.25) is 4.79 Å². The first-order valence-corrected chi connectivity index (χ1v) is 12.6. The summed E-state index contributed by atoms with van der Waals surface area (Å²) in [6, 6.07) is 11.7. The molecule has 1 aliphatic rings. The lowest BCUT2D eigenvalue weighted by molar-refractivity contribution is -0.116. The highest BCUT2D eigenvalue weighted by atomic mass is 32.1. The molecule has 1 aliphatic heterocycles. The Hall–Kier alpha value is -3.59. The summed E-state index contributed by atoms with van der Waals surface area (Å²) >= 11 is 1.50. The number of amides is 1. The van der Waals surface area contributed by atoms with Gasteiger partial charge in [0.1, 0.15) is 11.6 Å². The Morgan fingerprint density at radius 2 is 2.00 bits per heavy atom. The van der Waals surface area contributed by atoms with Crippen LogP contribution < -0.4 is 19.5 Å². The Bertz CT molecular complexity index is 1390. The van der Waals surface area contributed by atoms with Crippen molar-refractivity contribution in [3.8, 4) is 22.4 Å². The fraction of sp³-hybridized carbons (Fsp3) is 0.346. The predicted octanol–water partition coefficient (Wildman–Crippen LogP) is 5.46. The summed E-state index contributed by atoms with van der Waals surface area (Å²) < 4.78 is 19.8. The lowest BCUT2D eigenvalue weighted by Crippen LogP contribution is -2.25. The second-order valence-corrected chi connectivity index (χ2v) is 9.39. The Morgan fingerprint density at radius 3 is 2.77 bits per heavy atom. The van der Waals surface area contributed by atoms with Crippen molar-refractivity contribution in [2.24, 2.45) is 0 Å². The van der Waals surface area contributed by atoms with E-state index in [0.717, 1.165) is 45.0 Å². The van der Waals surface area contributed by atoms with Crippen LogP contribution in [0.2, 0.25) is 0 Å². The number of fused-ring (bicyclic) bond motifs is 2. The van der Waals surface area contributed by atoms with Crippen LogP contribution >= 0.6 is 11.3 Å². The number of nitrogens with zero attached hydrogens (tertiary/aromatic N) is 3. The summed E-state index contributed by atoms with van der Waals surface area (Å²) in [5.41, 5.74) is 3.69. The van der Waals surface area contributed by atoms with E-state index in [1.807, 2.05) is 50.2 Å². The molecule has 5 rings (SSSR count). The molecule has 35 heavy (non-hydrogen) atoms. The molecule has 9 heteroatoms. The van der Waals surface area contributed by atoms with Crippen LogP contribution in [-0.2, 0) is 4.79 Å². The Labute approximate surface area is 207 Å². The van der Waals surface area contributed by atoms with E-state index >= 15 is 0 Å². The lowest BCUT2D eigenvalue weighted by Gasteiger charge is -2.25. The van der Waals surface area contributed by atoms with Crippen LogP contribution in [0.25, 0.3) is 15.3 Å². The summed E-state index contributed by atoms with van der Waals surface area (Å²) in [7, 11) is 1.64. The van der Waals surface area contributed by atoms with Gasteiger partial charge in [-0.2, -0.15) is 9.78 Å². The van der Waals surface area contributed by atoms with Gasteiger partial charge < -0.3 is 19.5 Å². The van der Waals surface area contributed by atoms with Gasteiger partial charge in [0, 0.05) is 17.9 Å². The zero-order valence-electron chi connectivity index (χ0n) is 20.3. The number of rotatable bonds is 8. The minimum Gasteiger partial charge on any atom is -0.497 e. The molecule has 0 spiro atoms. The van der Waals surface area contributed by atoms with Crippen molar-refractivity contribution < 1.29 is 19.0 Å².